The maximum absolute atomic E-state index is 11.5. The molecule has 0 saturated carbocycles. The third-order valence-corrected chi connectivity index (χ3v) is 3.95. The first-order valence-electron chi connectivity index (χ1n) is 6.86. The number of aryl methyl sites for hydroxylation is 1. The summed E-state index contributed by atoms with van der Waals surface area (Å²) in [7, 11) is 0. The zero-order valence-electron chi connectivity index (χ0n) is 11.7. The van der Waals surface area contributed by atoms with Crippen molar-refractivity contribution in [2.24, 2.45) is 0 Å². The van der Waals surface area contributed by atoms with Gasteiger partial charge in [0.1, 0.15) is 5.78 Å². The van der Waals surface area contributed by atoms with Crippen LogP contribution < -0.4 is 0 Å². The fourth-order valence-electron chi connectivity index (χ4n) is 2.64. The highest BCUT2D eigenvalue weighted by Gasteiger charge is 2.33. The molecule has 0 radical (unpaired) electrons. The number of hydrogen-bond donors (Lipinski definition) is 0. The molecule has 1 fully saturated rings. The molecule has 2 nitrogen and oxygen atoms in total. The molecule has 2 heteroatoms. The molecule has 0 atom stereocenters. The maximum Gasteiger partial charge on any atom is 0.136 e. The van der Waals surface area contributed by atoms with Gasteiger partial charge in [-0.05, 0) is 31.4 Å². The molecule has 0 aliphatic carbocycles. The molecule has 2 rings (SSSR count). The Labute approximate surface area is 110 Å². The highest BCUT2D eigenvalue weighted by molar-refractivity contribution is 5.80. The second-order valence-corrected chi connectivity index (χ2v) is 5.87. The van der Waals surface area contributed by atoms with Gasteiger partial charge in [-0.3, -0.25) is 9.69 Å². The van der Waals surface area contributed by atoms with Gasteiger partial charge in [-0.1, -0.05) is 31.2 Å². The lowest BCUT2D eigenvalue weighted by molar-refractivity contribution is -0.125. The van der Waals surface area contributed by atoms with Gasteiger partial charge >= 0.3 is 0 Å². The Morgan fingerprint density at radius 2 is 1.78 bits per heavy atom. The first-order valence-corrected chi connectivity index (χ1v) is 6.86. The second kappa shape index (κ2) is 5.23. The van der Waals surface area contributed by atoms with Gasteiger partial charge in [-0.15, -0.1) is 0 Å². The number of piperidine rings is 1. The Balaban J connectivity index is 2.05. The first-order chi connectivity index (χ1) is 8.51. The van der Waals surface area contributed by atoms with E-state index in [1.165, 1.54) is 11.1 Å². The summed E-state index contributed by atoms with van der Waals surface area (Å²) in [6.07, 6.45) is 2.47. The predicted molar refractivity (Wildman–Crippen MR) is 74.6 cm³/mol. The minimum Gasteiger partial charge on any atom is -0.300 e. The van der Waals surface area contributed by atoms with Crippen LogP contribution in [0, 0.1) is 0 Å². The summed E-state index contributed by atoms with van der Waals surface area (Å²) < 4.78 is 0. The number of Topliss-reactive ketones (excluding diaryl/α,β-unsaturated/α-hetero) is 1. The van der Waals surface area contributed by atoms with Crippen LogP contribution in [-0.2, 0) is 17.8 Å². The van der Waals surface area contributed by atoms with E-state index in [0.717, 1.165) is 19.5 Å². The molecule has 1 aliphatic heterocycles. The number of rotatable bonds is 3. The summed E-state index contributed by atoms with van der Waals surface area (Å²) in [5, 5.41) is 0. The Hall–Kier alpha value is -1.15. The van der Waals surface area contributed by atoms with Crippen LogP contribution in [0.25, 0.3) is 0 Å². The first kappa shape index (κ1) is 13.3. The van der Waals surface area contributed by atoms with E-state index in [2.05, 4.69) is 49.9 Å². The molecule has 0 amide bonds. The average Bonchev–Trinajstić information content (AvgIpc) is 2.33. The standard InChI is InChI=1S/C16H23NO/c1-4-13-5-7-14(8-6-13)12-17-10-9-15(18)11-16(17,2)3/h5-8H,4,9-12H2,1-3H3. The van der Waals surface area contributed by atoms with Crippen molar-refractivity contribution in [3.63, 3.8) is 0 Å². The van der Waals surface area contributed by atoms with Crippen molar-refractivity contribution in [1.29, 1.82) is 0 Å². The van der Waals surface area contributed by atoms with Crippen molar-refractivity contribution < 1.29 is 4.79 Å². The van der Waals surface area contributed by atoms with E-state index in [1.54, 1.807) is 0 Å². The number of benzene rings is 1. The van der Waals surface area contributed by atoms with E-state index in [9.17, 15) is 4.79 Å². The molecule has 1 aromatic carbocycles. The van der Waals surface area contributed by atoms with Crippen LogP contribution in [0.1, 0.15) is 44.7 Å². The summed E-state index contributed by atoms with van der Waals surface area (Å²) in [5.74, 6) is 0.401. The molecular weight excluding hydrogens is 222 g/mol. The van der Waals surface area contributed by atoms with Crippen molar-refractivity contribution in [2.45, 2.75) is 52.1 Å². The van der Waals surface area contributed by atoms with E-state index in [0.29, 0.717) is 18.6 Å². The van der Waals surface area contributed by atoms with Crippen LogP contribution >= 0.6 is 0 Å². The van der Waals surface area contributed by atoms with Crippen LogP contribution in [-0.4, -0.2) is 22.8 Å². The second-order valence-electron chi connectivity index (χ2n) is 5.87. The average molecular weight is 245 g/mol. The Morgan fingerprint density at radius 1 is 1.17 bits per heavy atom. The van der Waals surface area contributed by atoms with Gasteiger partial charge in [0.15, 0.2) is 0 Å². The highest BCUT2D eigenvalue weighted by Crippen LogP contribution is 2.27. The molecule has 0 N–H and O–H groups in total. The summed E-state index contributed by atoms with van der Waals surface area (Å²) in [6.45, 7) is 8.36. The van der Waals surface area contributed by atoms with Gasteiger partial charge in [-0.25, -0.2) is 0 Å². The lowest BCUT2D eigenvalue weighted by Crippen LogP contribution is -2.49. The molecule has 98 valence electrons. The Kier molecular flexibility index (Phi) is 3.86. The van der Waals surface area contributed by atoms with Crippen LogP contribution in [0.2, 0.25) is 0 Å². The van der Waals surface area contributed by atoms with Gasteiger partial charge in [0.05, 0.1) is 0 Å². The number of ketones is 1. The summed E-state index contributed by atoms with van der Waals surface area (Å²) in [5.41, 5.74) is 2.72. The molecule has 0 aromatic heterocycles. The molecule has 0 bridgehead atoms. The third kappa shape index (κ3) is 2.99. The van der Waals surface area contributed by atoms with Crippen molar-refractivity contribution in [3.8, 4) is 0 Å². The van der Waals surface area contributed by atoms with E-state index in [1.807, 2.05) is 0 Å². The normalized spacial score (nSPS) is 20.1. The zero-order valence-corrected chi connectivity index (χ0v) is 11.7. The van der Waals surface area contributed by atoms with Crippen molar-refractivity contribution in [3.05, 3.63) is 35.4 Å². The largest absolute Gasteiger partial charge is 0.300 e. The van der Waals surface area contributed by atoms with Crippen molar-refractivity contribution >= 4 is 5.78 Å². The fraction of sp³-hybridized carbons (Fsp3) is 0.562. The lowest BCUT2D eigenvalue weighted by atomic mass is 9.89. The van der Waals surface area contributed by atoms with E-state index < -0.39 is 0 Å². The van der Waals surface area contributed by atoms with E-state index in [4.69, 9.17) is 0 Å². The number of carbonyl (C=O) groups is 1. The summed E-state index contributed by atoms with van der Waals surface area (Å²) in [6, 6.07) is 8.84. The number of carbonyl (C=O) groups excluding carboxylic acids is 1. The molecule has 1 saturated heterocycles. The van der Waals surface area contributed by atoms with E-state index in [-0.39, 0.29) is 5.54 Å². The lowest BCUT2D eigenvalue weighted by Gasteiger charge is -2.41. The van der Waals surface area contributed by atoms with Crippen LogP contribution in [0.5, 0.6) is 0 Å². The molecular formula is C16H23NO. The molecule has 1 aromatic rings. The highest BCUT2D eigenvalue weighted by atomic mass is 16.1. The Morgan fingerprint density at radius 3 is 2.33 bits per heavy atom. The Bertz CT molecular complexity index is 419. The number of likely N-dealkylation sites (tertiary alicyclic amines) is 1. The van der Waals surface area contributed by atoms with Crippen molar-refractivity contribution in [1.82, 2.24) is 4.90 Å². The summed E-state index contributed by atoms with van der Waals surface area (Å²) in [4.78, 5) is 14.0. The molecule has 0 unspecified atom stereocenters. The van der Waals surface area contributed by atoms with Gasteiger partial charge in [-0.2, -0.15) is 0 Å². The molecule has 1 heterocycles. The molecule has 18 heavy (non-hydrogen) atoms. The number of hydrogen-bond acceptors (Lipinski definition) is 2. The minimum atomic E-state index is -0.00123. The predicted octanol–water partition coefficient (Wildman–Crippen LogP) is 3.19. The SMILES string of the molecule is CCc1ccc(CN2CCC(=O)CC2(C)C)cc1. The minimum absolute atomic E-state index is 0.00123. The van der Waals surface area contributed by atoms with Crippen LogP contribution in [0.3, 0.4) is 0 Å². The smallest absolute Gasteiger partial charge is 0.136 e. The third-order valence-electron chi connectivity index (χ3n) is 3.95. The van der Waals surface area contributed by atoms with Crippen LogP contribution in [0.4, 0.5) is 0 Å². The van der Waals surface area contributed by atoms with Gasteiger partial charge < -0.3 is 0 Å². The van der Waals surface area contributed by atoms with Gasteiger partial charge in [0.25, 0.3) is 0 Å². The monoisotopic (exact) mass is 245 g/mol. The zero-order chi connectivity index (χ0) is 13.2. The summed E-state index contributed by atoms with van der Waals surface area (Å²) >= 11 is 0. The van der Waals surface area contributed by atoms with Crippen LogP contribution in [0.15, 0.2) is 24.3 Å². The van der Waals surface area contributed by atoms with Gasteiger partial charge in [0.2, 0.25) is 0 Å². The fourth-order valence-corrected chi connectivity index (χ4v) is 2.64. The number of nitrogens with zero attached hydrogens (tertiary/aromatic N) is 1. The van der Waals surface area contributed by atoms with Gasteiger partial charge in [0, 0.05) is 31.5 Å². The quantitative estimate of drug-likeness (QED) is 0.815. The molecule has 0 spiro atoms. The topological polar surface area (TPSA) is 20.3 Å². The molecule has 1 aliphatic rings. The van der Waals surface area contributed by atoms with E-state index >= 15 is 0 Å². The van der Waals surface area contributed by atoms with Crippen molar-refractivity contribution in [2.75, 3.05) is 6.54 Å². The maximum atomic E-state index is 11.5.